The maximum Gasteiger partial charge on any atom is 0.425 e. The number of thiophene rings is 1. The Bertz CT molecular complexity index is 1720. The first kappa shape index (κ1) is 17.5. The summed E-state index contributed by atoms with van der Waals surface area (Å²) in [5.74, 6) is 0.850. The minimum absolute atomic E-state index is 0.0629. The maximum absolute atomic E-state index is 6.04. The quantitative estimate of drug-likeness (QED) is 0.266. The average molecular weight is 441 g/mol. The van der Waals surface area contributed by atoms with E-state index in [-0.39, 0.29) is 6.98 Å². The summed E-state index contributed by atoms with van der Waals surface area (Å²) in [6.07, 6.45) is 3.63. The Morgan fingerprint density at radius 1 is 0.758 bits per heavy atom. The molecule has 6 aromatic rings. The number of rotatable bonds is 1. The van der Waals surface area contributed by atoms with E-state index in [4.69, 9.17) is 9.40 Å². The van der Waals surface area contributed by atoms with E-state index in [1.807, 2.05) is 29.7 Å². The van der Waals surface area contributed by atoms with Gasteiger partial charge in [-0.05, 0) is 54.0 Å². The van der Waals surface area contributed by atoms with Crippen LogP contribution < -0.4 is 15.1 Å². The number of benzene rings is 3. The molecule has 4 nitrogen and oxygen atoms in total. The third kappa shape index (κ3) is 2.23. The summed E-state index contributed by atoms with van der Waals surface area (Å²) in [4.78, 5) is 9.49. The van der Waals surface area contributed by atoms with Crippen LogP contribution in [0.15, 0.2) is 102 Å². The molecule has 3 aromatic heterocycles. The van der Waals surface area contributed by atoms with Gasteiger partial charge in [0.15, 0.2) is 5.88 Å². The highest BCUT2D eigenvalue weighted by molar-refractivity contribution is 7.25. The molecule has 0 bridgehead atoms. The zero-order chi connectivity index (χ0) is 21.5. The van der Waals surface area contributed by atoms with Crippen molar-refractivity contribution >= 4 is 66.9 Å². The number of anilines is 4. The van der Waals surface area contributed by atoms with Crippen molar-refractivity contribution in [2.24, 2.45) is 0 Å². The Morgan fingerprint density at radius 3 is 2.52 bits per heavy atom. The van der Waals surface area contributed by atoms with Crippen molar-refractivity contribution in [2.75, 3.05) is 9.62 Å². The van der Waals surface area contributed by atoms with Crippen LogP contribution in [0.25, 0.3) is 31.4 Å². The molecule has 6 heteroatoms. The second-order valence-electron chi connectivity index (χ2n) is 8.46. The van der Waals surface area contributed by atoms with Crippen molar-refractivity contribution in [3.05, 3.63) is 97.4 Å². The van der Waals surface area contributed by atoms with E-state index in [0.717, 1.165) is 28.5 Å². The molecule has 0 aliphatic carbocycles. The average Bonchev–Trinajstić information content (AvgIpc) is 3.57. The fourth-order valence-corrected chi connectivity index (χ4v) is 6.50. The van der Waals surface area contributed by atoms with Gasteiger partial charge in [-0.25, -0.2) is 0 Å². The van der Waals surface area contributed by atoms with E-state index in [1.54, 1.807) is 6.26 Å². The number of hydrogen-bond donors (Lipinski definition) is 0. The number of furan rings is 1. The highest BCUT2D eigenvalue weighted by Gasteiger charge is 2.49. The molecule has 0 N–H and O–H groups in total. The molecule has 2 aliphatic heterocycles. The van der Waals surface area contributed by atoms with E-state index in [2.05, 4.69) is 82.4 Å². The van der Waals surface area contributed by atoms with Crippen molar-refractivity contribution in [1.82, 2.24) is 4.98 Å². The molecule has 0 amide bonds. The minimum Gasteiger partial charge on any atom is -0.449 e. The SMILES string of the molecule is c1cnc2c(c1)B1N(c3ccc4sc5ccccc5c4c3)c3ccccc3N1c1occc1-2. The van der Waals surface area contributed by atoms with Crippen LogP contribution in [0.1, 0.15) is 0 Å². The molecule has 154 valence electrons. The van der Waals surface area contributed by atoms with E-state index >= 15 is 0 Å². The molecule has 2 aliphatic rings. The number of nitrogens with zero attached hydrogens (tertiary/aromatic N) is 3. The standard InChI is InChI=1S/C27H16BN3OS/c1-4-10-24-18(6-1)20-16-17(11-12-25(20)33-24)30-22-8-2-3-9-23(22)31-27-19(13-15-32-27)26-21(28(30)31)7-5-14-29-26/h1-16H. The lowest BCUT2D eigenvalue weighted by Crippen LogP contribution is -2.55. The maximum atomic E-state index is 6.04. The van der Waals surface area contributed by atoms with Crippen LogP contribution in [0.3, 0.4) is 0 Å². The second kappa shape index (κ2) is 6.27. The third-order valence-corrected chi connectivity index (χ3v) is 7.92. The molecule has 3 aromatic carbocycles. The molecule has 5 heterocycles. The Kier molecular flexibility index (Phi) is 3.33. The largest absolute Gasteiger partial charge is 0.449 e. The van der Waals surface area contributed by atoms with E-state index in [9.17, 15) is 0 Å². The summed E-state index contributed by atoms with van der Waals surface area (Å²) in [5.41, 5.74) is 6.68. The first-order valence-electron chi connectivity index (χ1n) is 11.0. The molecular formula is C27H16BN3OS. The fraction of sp³-hybridized carbons (Fsp3) is 0. The molecule has 0 fully saturated rings. The van der Waals surface area contributed by atoms with Gasteiger partial charge in [-0.2, -0.15) is 0 Å². The molecule has 8 rings (SSSR count). The Hall–Kier alpha value is -4.03. The Balaban J connectivity index is 1.42. The number of hydrogen-bond acceptors (Lipinski definition) is 5. The van der Waals surface area contributed by atoms with Crippen molar-refractivity contribution in [3.63, 3.8) is 0 Å². The lowest BCUT2D eigenvalue weighted by molar-refractivity contribution is 0.577. The van der Waals surface area contributed by atoms with Gasteiger partial charge >= 0.3 is 6.98 Å². The first-order valence-corrected chi connectivity index (χ1v) is 11.8. The van der Waals surface area contributed by atoms with Crippen LogP contribution in [-0.4, -0.2) is 12.0 Å². The predicted molar refractivity (Wildman–Crippen MR) is 137 cm³/mol. The van der Waals surface area contributed by atoms with Gasteiger partial charge in [0.1, 0.15) is 0 Å². The van der Waals surface area contributed by atoms with Crippen LogP contribution in [0, 0.1) is 0 Å². The van der Waals surface area contributed by atoms with Gasteiger partial charge in [0.05, 0.1) is 28.9 Å². The zero-order valence-electron chi connectivity index (χ0n) is 17.5. The topological polar surface area (TPSA) is 32.5 Å². The monoisotopic (exact) mass is 441 g/mol. The predicted octanol–water partition coefficient (Wildman–Crippen LogP) is 6.71. The number of para-hydroxylation sites is 2. The number of pyridine rings is 1. The smallest absolute Gasteiger partial charge is 0.425 e. The van der Waals surface area contributed by atoms with Crippen molar-refractivity contribution in [2.45, 2.75) is 0 Å². The summed E-state index contributed by atoms with van der Waals surface area (Å²) < 4.78 is 8.67. The highest BCUT2D eigenvalue weighted by atomic mass is 32.1. The van der Waals surface area contributed by atoms with E-state index in [0.29, 0.717) is 0 Å². The third-order valence-electron chi connectivity index (χ3n) is 6.76. The summed E-state index contributed by atoms with van der Waals surface area (Å²) in [7, 11) is 0. The Labute approximate surface area is 194 Å². The summed E-state index contributed by atoms with van der Waals surface area (Å²) >= 11 is 1.85. The van der Waals surface area contributed by atoms with Crippen LogP contribution >= 0.6 is 11.3 Å². The van der Waals surface area contributed by atoms with E-state index < -0.39 is 0 Å². The Morgan fingerprint density at radius 2 is 1.58 bits per heavy atom. The normalized spacial score (nSPS) is 13.9. The summed E-state index contributed by atoms with van der Waals surface area (Å²) in [6.45, 7) is -0.0629. The highest BCUT2D eigenvalue weighted by Crippen LogP contribution is 2.51. The van der Waals surface area contributed by atoms with Gasteiger partial charge in [-0.1, -0.05) is 36.4 Å². The molecule has 0 saturated carbocycles. The first-order chi connectivity index (χ1) is 16.4. The summed E-state index contributed by atoms with van der Waals surface area (Å²) in [5, 5.41) is 2.60. The van der Waals surface area contributed by atoms with Gasteiger partial charge < -0.3 is 14.0 Å². The van der Waals surface area contributed by atoms with Gasteiger partial charge in [0.25, 0.3) is 0 Å². The molecule has 0 spiro atoms. The van der Waals surface area contributed by atoms with Crippen LogP contribution in [0.5, 0.6) is 0 Å². The second-order valence-corrected chi connectivity index (χ2v) is 9.55. The molecule has 0 radical (unpaired) electrons. The van der Waals surface area contributed by atoms with Gasteiger partial charge in [-0.3, -0.25) is 4.98 Å². The van der Waals surface area contributed by atoms with Crippen LogP contribution in [0.4, 0.5) is 22.9 Å². The number of aromatic nitrogens is 1. The summed E-state index contributed by atoms with van der Waals surface area (Å²) in [6, 6.07) is 30.3. The van der Waals surface area contributed by atoms with Crippen LogP contribution in [-0.2, 0) is 0 Å². The molecule has 0 unspecified atom stereocenters. The van der Waals surface area contributed by atoms with Gasteiger partial charge in [-0.15, -0.1) is 11.3 Å². The number of fused-ring (bicyclic) bond motifs is 11. The van der Waals surface area contributed by atoms with Crippen molar-refractivity contribution in [3.8, 4) is 11.3 Å². The molecule has 0 saturated heterocycles. The lowest BCUT2D eigenvalue weighted by atomic mass is 9.61. The van der Waals surface area contributed by atoms with Crippen molar-refractivity contribution in [1.29, 1.82) is 0 Å². The molecule has 33 heavy (non-hydrogen) atoms. The molecule has 0 atom stereocenters. The fourth-order valence-electron chi connectivity index (χ4n) is 5.41. The zero-order valence-corrected chi connectivity index (χ0v) is 18.3. The molecular weight excluding hydrogens is 425 g/mol. The lowest BCUT2D eigenvalue weighted by Gasteiger charge is -2.33. The van der Waals surface area contributed by atoms with Crippen LogP contribution in [0.2, 0.25) is 0 Å². The van der Waals surface area contributed by atoms with Gasteiger partial charge in [0.2, 0.25) is 0 Å². The van der Waals surface area contributed by atoms with E-state index in [1.165, 1.54) is 31.3 Å². The van der Waals surface area contributed by atoms with Gasteiger partial charge in [0, 0.05) is 32.1 Å². The van der Waals surface area contributed by atoms with Crippen molar-refractivity contribution < 1.29 is 4.42 Å². The minimum atomic E-state index is -0.0629.